The van der Waals surface area contributed by atoms with Crippen LogP contribution in [0.15, 0.2) is 6.07 Å². The maximum absolute atomic E-state index is 12.4. The first-order valence-corrected chi connectivity index (χ1v) is 4.99. The Bertz CT molecular complexity index is 393. The van der Waals surface area contributed by atoms with E-state index in [4.69, 9.17) is 0 Å². The van der Waals surface area contributed by atoms with E-state index in [0.29, 0.717) is 0 Å². The Morgan fingerprint density at radius 2 is 1.94 bits per heavy atom. The summed E-state index contributed by atoms with van der Waals surface area (Å²) in [4.78, 5) is 3.34. The van der Waals surface area contributed by atoms with Crippen LogP contribution in [-0.2, 0) is 0 Å². The molecule has 0 bridgehead atoms. The van der Waals surface area contributed by atoms with E-state index in [9.17, 15) is 22.0 Å². The number of pyridine rings is 1. The predicted octanol–water partition coefficient (Wildman–Crippen LogP) is 3.83. The van der Waals surface area contributed by atoms with E-state index in [1.165, 1.54) is 35.6 Å². The molecule has 0 aliphatic heterocycles. The fraction of sp³-hybridized carbons (Fsp3) is 0.375. The molecule has 0 amide bonds. The first kappa shape index (κ1) is 13.4. The standard InChI is InChI=1S/C8H5F5INO/c1-3-2-4(14)6(16-8(11,12)13)5(15-3)7(9)10/h2,7H,1H3. The number of ether oxygens (including phenoxy) is 1. The lowest BCUT2D eigenvalue weighted by atomic mass is 10.3. The molecular weight excluding hydrogens is 348 g/mol. The maximum atomic E-state index is 12.4. The number of aryl methyl sites for hydroxylation is 1. The first-order valence-electron chi connectivity index (χ1n) is 3.91. The van der Waals surface area contributed by atoms with Crippen molar-refractivity contribution in [3.8, 4) is 5.75 Å². The van der Waals surface area contributed by atoms with Gasteiger partial charge in [0.2, 0.25) is 0 Å². The van der Waals surface area contributed by atoms with Crippen LogP contribution in [0.2, 0.25) is 0 Å². The van der Waals surface area contributed by atoms with Gasteiger partial charge in [0.1, 0.15) is 5.69 Å². The molecule has 0 fully saturated rings. The summed E-state index contributed by atoms with van der Waals surface area (Å²) in [7, 11) is 0. The molecule has 1 aromatic heterocycles. The van der Waals surface area contributed by atoms with Crippen LogP contribution in [-0.4, -0.2) is 11.3 Å². The second-order valence-electron chi connectivity index (χ2n) is 2.81. The zero-order valence-electron chi connectivity index (χ0n) is 7.78. The van der Waals surface area contributed by atoms with Gasteiger partial charge in [-0.3, -0.25) is 0 Å². The van der Waals surface area contributed by atoms with Crippen LogP contribution in [0, 0.1) is 10.5 Å². The molecule has 0 aliphatic rings. The molecule has 0 atom stereocenters. The van der Waals surface area contributed by atoms with E-state index in [2.05, 4.69) is 9.72 Å². The topological polar surface area (TPSA) is 22.1 Å². The van der Waals surface area contributed by atoms with E-state index < -0.39 is 24.2 Å². The zero-order chi connectivity index (χ0) is 12.5. The third-order valence-corrected chi connectivity index (χ3v) is 2.31. The summed E-state index contributed by atoms with van der Waals surface area (Å²) in [6.07, 6.45) is -8.13. The molecule has 0 radical (unpaired) electrons. The summed E-state index contributed by atoms with van der Waals surface area (Å²) in [5.74, 6) is -0.936. The normalized spacial score (nSPS) is 12.0. The van der Waals surface area contributed by atoms with Crippen molar-refractivity contribution in [1.82, 2.24) is 4.98 Å². The van der Waals surface area contributed by atoms with Crippen molar-refractivity contribution in [2.75, 3.05) is 0 Å². The average Bonchev–Trinajstić information content (AvgIpc) is 2.07. The molecular formula is C8H5F5INO. The molecule has 1 aromatic rings. The second kappa shape index (κ2) is 4.68. The molecule has 0 saturated carbocycles. The molecule has 2 nitrogen and oxygen atoms in total. The number of hydrogen-bond acceptors (Lipinski definition) is 2. The summed E-state index contributed by atoms with van der Waals surface area (Å²) in [5.41, 5.74) is -0.795. The molecule has 8 heteroatoms. The summed E-state index contributed by atoms with van der Waals surface area (Å²) >= 11 is 1.49. The quantitative estimate of drug-likeness (QED) is 0.596. The van der Waals surface area contributed by atoms with E-state index in [0.717, 1.165) is 0 Å². The van der Waals surface area contributed by atoms with Gasteiger partial charge in [0.15, 0.2) is 5.75 Å². The third kappa shape index (κ3) is 3.42. The van der Waals surface area contributed by atoms with Crippen LogP contribution < -0.4 is 4.74 Å². The number of alkyl halides is 5. The third-order valence-electron chi connectivity index (χ3n) is 1.51. The summed E-state index contributed by atoms with van der Waals surface area (Å²) < 4.78 is 64.3. The van der Waals surface area contributed by atoms with Crippen molar-refractivity contribution >= 4 is 22.6 Å². The Morgan fingerprint density at radius 1 is 1.38 bits per heavy atom. The highest BCUT2D eigenvalue weighted by Gasteiger charge is 2.35. The lowest BCUT2D eigenvalue weighted by Gasteiger charge is -2.14. The van der Waals surface area contributed by atoms with Gasteiger partial charge in [0.05, 0.1) is 3.57 Å². The smallest absolute Gasteiger partial charge is 0.402 e. The van der Waals surface area contributed by atoms with Gasteiger partial charge in [-0.2, -0.15) is 0 Å². The number of hydrogen-bond donors (Lipinski definition) is 0. The predicted molar refractivity (Wildman–Crippen MR) is 53.3 cm³/mol. The highest BCUT2D eigenvalue weighted by Crippen LogP contribution is 2.35. The molecule has 0 aromatic carbocycles. The van der Waals surface area contributed by atoms with Crippen LogP contribution in [0.25, 0.3) is 0 Å². The van der Waals surface area contributed by atoms with Crippen LogP contribution in [0.1, 0.15) is 17.8 Å². The monoisotopic (exact) mass is 353 g/mol. The van der Waals surface area contributed by atoms with Crippen molar-refractivity contribution in [3.05, 3.63) is 21.0 Å². The molecule has 0 aliphatic carbocycles. The summed E-state index contributed by atoms with van der Waals surface area (Å²) in [6, 6.07) is 1.23. The van der Waals surface area contributed by atoms with E-state index in [1.54, 1.807) is 0 Å². The summed E-state index contributed by atoms with van der Waals surface area (Å²) in [6.45, 7) is 1.41. The fourth-order valence-electron chi connectivity index (χ4n) is 1.01. The van der Waals surface area contributed by atoms with Gasteiger partial charge >= 0.3 is 6.36 Å². The number of halogens is 6. The fourth-order valence-corrected chi connectivity index (χ4v) is 1.85. The van der Waals surface area contributed by atoms with E-state index >= 15 is 0 Å². The molecule has 0 spiro atoms. The Morgan fingerprint density at radius 3 is 2.38 bits per heavy atom. The van der Waals surface area contributed by atoms with Crippen LogP contribution in [0.3, 0.4) is 0 Å². The van der Waals surface area contributed by atoms with E-state index in [1.807, 2.05) is 0 Å². The van der Waals surface area contributed by atoms with Crippen molar-refractivity contribution < 1.29 is 26.7 Å². The number of rotatable bonds is 2. The second-order valence-corrected chi connectivity index (χ2v) is 3.97. The van der Waals surface area contributed by atoms with Gasteiger partial charge in [-0.25, -0.2) is 13.8 Å². The minimum Gasteiger partial charge on any atom is -0.402 e. The van der Waals surface area contributed by atoms with Crippen molar-refractivity contribution in [2.45, 2.75) is 19.7 Å². The minimum absolute atomic E-state index is 0.0577. The summed E-state index contributed by atoms with van der Waals surface area (Å²) in [5, 5.41) is 0. The Balaban J connectivity index is 3.25. The Hall–Kier alpha value is -0.670. The lowest BCUT2D eigenvalue weighted by molar-refractivity contribution is -0.275. The highest BCUT2D eigenvalue weighted by atomic mass is 127. The molecule has 90 valence electrons. The Kier molecular flexibility index (Phi) is 3.92. The Labute approximate surface area is 101 Å². The highest BCUT2D eigenvalue weighted by molar-refractivity contribution is 14.1. The van der Waals surface area contributed by atoms with Gasteiger partial charge in [-0.05, 0) is 35.6 Å². The van der Waals surface area contributed by atoms with Gasteiger partial charge in [0.25, 0.3) is 6.43 Å². The van der Waals surface area contributed by atoms with Gasteiger partial charge in [0, 0.05) is 5.69 Å². The van der Waals surface area contributed by atoms with Gasteiger partial charge in [-0.1, -0.05) is 0 Å². The number of nitrogens with zero attached hydrogens (tertiary/aromatic N) is 1. The SMILES string of the molecule is Cc1cc(I)c(OC(F)(F)F)c(C(F)F)n1. The first-order chi connectivity index (χ1) is 7.20. The minimum atomic E-state index is -5.01. The van der Waals surface area contributed by atoms with Crippen LogP contribution in [0.5, 0.6) is 5.75 Å². The molecule has 1 heterocycles. The zero-order valence-corrected chi connectivity index (χ0v) is 9.94. The molecule has 0 saturated heterocycles. The van der Waals surface area contributed by atoms with E-state index in [-0.39, 0.29) is 9.26 Å². The van der Waals surface area contributed by atoms with Crippen molar-refractivity contribution in [1.29, 1.82) is 0 Å². The number of aromatic nitrogens is 1. The van der Waals surface area contributed by atoms with Crippen molar-refractivity contribution in [3.63, 3.8) is 0 Å². The molecule has 16 heavy (non-hydrogen) atoms. The van der Waals surface area contributed by atoms with Crippen molar-refractivity contribution in [2.24, 2.45) is 0 Å². The van der Waals surface area contributed by atoms with Gasteiger partial charge in [-0.15, -0.1) is 13.2 Å². The van der Waals surface area contributed by atoms with Crippen LogP contribution in [0.4, 0.5) is 22.0 Å². The van der Waals surface area contributed by atoms with Crippen LogP contribution >= 0.6 is 22.6 Å². The molecule has 1 rings (SSSR count). The largest absolute Gasteiger partial charge is 0.573 e. The lowest BCUT2D eigenvalue weighted by Crippen LogP contribution is -2.19. The molecule has 0 unspecified atom stereocenters. The maximum Gasteiger partial charge on any atom is 0.573 e. The molecule has 0 N–H and O–H groups in total. The van der Waals surface area contributed by atoms with Gasteiger partial charge < -0.3 is 4.74 Å². The average molecular weight is 353 g/mol.